The van der Waals surface area contributed by atoms with Crippen LogP contribution in [0, 0.1) is 0 Å². The SMILES string of the molecule is Nc1c(NNC(=O)c2ccc(Cl)cc2)ncnc1Nc1cc(Cl)cc(Cl)c1. The molecule has 0 radical (unpaired) electrons. The Hall–Kier alpha value is -2.74. The number of aromatic nitrogens is 2. The van der Waals surface area contributed by atoms with Crippen molar-refractivity contribution < 1.29 is 4.79 Å². The minimum atomic E-state index is -0.374. The van der Waals surface area contributed by atoms with Crippen molar-refractivity contribution in [3.05, 3.63) is 69.4 Å². The van der Waals surface area contributed by atoms with Crippen LogP contribution in [-0.2, 0) is 0 Å². The maximum Gasteiger partial charge on any atom is 0.269 e. The minimum Gasteiger partial charge on any atom is -0.393 e. The molecule has 3 rings (SSSR count). The summed E-state index contributed by atoms with van der Waals surface area (Å²) in [5.74, 6) is 0.176. The summed E-state index contributed by atoms with van der Waals surface area (Å²) in [7, 11) is 0. The second kappa shape index (κ2) is 8.30. The van der Waals surface area contributed by atoms with E-state index in [1.807, 2.05) is 0 Å². The Morgan fingerprint density at radius 2 is 1.52 bits per heavy atom. The smallest absolute Gasteiger partial charge is 0.269 e. The fourth-order valence-corrected chi connectivity index (χ4v) is 2.80. The quantitative estimate of drug-likeness (QED) is 0.450. The maximum absolute atomic E-state index is 12.1. The Bertz CT molecular complexity index is 961. The maximum atomic E-state index is 12.1. The van der Waals surface area contributed by atoms with Gasteiger partial charge in [-0.05, 0) is 42.5 Å². The Labute approximate surface area is 169 Å². The normalized spacial score (nSPS) is 10.3. The molecule has 3 aromatic rings. The van der Waals surface area contributed by atoms with E-state index in [1.165, 1.54) is 6.33 Å². The van der Waals surface area contributed by atoms with Gasteiger partial charge in [0.2, 0.25) is 0 Å². The number of hydrogen-bond acceptors (Lipinski definition) is 6. The number of carbonyl (C=O) groups is 1. The zero-order chi connectivity index (χ0) is 19.4. The molecular formula is C17H13Cl3N6O. The number of amides is 1. The zero-order valence-corrected chi connectivity index (χ0v) is 15.9. The highest BCUT2D eigenvalue weighted by Gasteiger charge is 2.11. The molecule has 27 heavy (non-hydrogen) atoms. The number of nitrogens with two attached hydrogens (primary N) is 1. The molecular weight excluding hydrogens is 411 g/mol. The second-order valence-electron chi connectivity index (χ2n) is 5.35. The highest BCUT2D eigenvalue weighted by molar-refractivity contribution is 6.35. The summed E-state index contributed by atoms with van der Waals surface area (Å²) in [5, 5.41) is 4.47. The van der Waals surface area contributed by atoms with Crippen LogP contribution in [0.15, 0.2) is 48.8 Å². The largest absolute Gasteiger partial charge is 0.393 e. The van der Waals surface area contributed by atoms with Gasteiger partial charge in [-0.25, -0.2) is 9.97 Å². The van der Waals surface area contributed by atoms with Gasteiger partial charge in [-0.1, -0.05) is 34.8 Å². The van der Waals surface area contributed by atoms with E-state index in [1.54, 1.807) is 42.5 Å². The lowest BCUT2D eigenvalue weighted by Gasteiger charge is -2.13. The number of hydrazine groups is 1. The van der Waals surface area contributed by atoms with Crippen LogP contribution in [0.2, 0.25) is 15.1 Å². The summed E-state index contributed by atoms with van der Waals surface area (Å²) < 4.78 is 0. The van der Waals surface area contributed by atoms with Crippen LogP contribution in [0.25, 0.3) is 0 Å². The first-order valence-electron chi connectivity index (χ1n) is 7.58. The molecule has 0 bridgehead atoms. The molecule has 0 saturated carbocycles. The van der Waals surface area contributed by atoms with Crippen LogP contribution in [0.1, 0.15) is 10.4 Å². The number of anilines is 4. The first-order valence-corrected chi connectivity index (χ1v) is 8.71. The van der Waals surface area contributed by atoms with E-state index in [-0.39, 0.29) is 17.4 Å². The Morgan fingerprint density at radius 1 is 0.889 bits per heavy atom. The van der Waals surface area contributed by atoms with Crippen molar-refractivity contribution in [2.45, 2.75) is 0 Å². The number of hydrogen-bond donors (Lipinski definition) is 4. The van der Waals surface area contributed by atoms with E-state index in [0.29, 0.717) is 32.1 Å². The van der Waals surface area contributed by atoms with E-state index < -0.39 is 0 Å². The van der Waals surface area contributed by atoms with Gasteiger partial charge in [-0.3, -0.25) is 15.6 Å². The third-order valence-corrected chi connectivity index (χ3v) is 4.10. The molecule has 0 fully saturated rings. The van der Waals surface area contributed by atoms with Crippen LogP contribution >= 0.6 is 34.8 Å². The predicted octanol–water partition coefficient (Wildman–Crippen LogP) is 4.52. The first-order chi connectivity index (χ1) is 12.9. The monoisotopic (exact) mass is 422 g/mol. The molecule has 10 heteroatoms. The summed E-state index contributed by atoms with van der Waals surface area (Å²) in [6, 6.07) is 11.4. The third-order valence-electron chi connectivity index (χ3n) is 3.41. The van der Waals surface area contributed by atoms with Gasteiger partial charge in [0, 0.05) is 26.3 Å². The van der Waals surface area contributed by atoms with Gasteiger partial charge >= 0.3 is 0 Å². The Kier molecular flexibility index (Phi) is 5.85. The molecule has 138 valence electrons. The minimum absolute atomic E-state index is 0.199. The highest BCUT2D eigenvalue weighted by Crippen LogP contribution is 2.28. The van der Waals surface area contributed by atoms with Crippen molar-refractivity contribution in [2.24, 2.45) is 0 Å². The number of halogens is 3. The third kappa shape index (κ3) is 4.91. The van der Waals surface area contributed by atoms with Crippen molar-refractivity contribution >= 4 is 63.7 Å². The topological polar surface area (TPSA) is 105 Å². The number of carbonyl (C=O) groups excluding carboxylic acids is 1. The van der Waals surface area contributed by atoms with E-state index >= 15 is 0 Å². The molecule has 0 aliphatic carbocycles. The van der Waals surface area contributed by atoms with E-state index in [2.05, 4.69) is 26.1 Å². The number of nitrogen functional groups attached to an aromatic ring is 1. The van der Waals surface area contributed by atoms with Crippen molar-refractivity contribution in [1.82, 2.24) is 15.4 Å². The molecule has 5 N–H and O–H groups in total. The lowest BCUT2D eigenvalue weighted by atomic mass is 10.2. The van der Waals surface area contributed by atoms with Gasteiger partial charge in [-0.2, -0.15) is 0 Å². The van der Waals surface area contributed by atoms with Gasteiger partial charge in [0.15, 0.2) is 11.6 Å². The average molecular weight is 424 g/mol. The first kappa shape index (κ1) is 19.0. The lowest BCUT2D eigenvalue weighted by molar-refractivity contribution is 0.0962. The van der Waals surface area contributed by atoms with E-state index in [4.69, 9.17) is 40.5 Å². The fraction of sp³-hybridized carbons (Fsp3) is 0. The van der Waals surface area contributed by atoms with Crippen molar-refractivity contribution in [3.8, 4) is 0 Å². The summed E-state index contributed by atoms with van der Waals surface area (Å²) in [5.41, 5.74) is 12.5. The number of rotatable bonds is 5. The van der Waals surface area contributed by atoms with E-state index in [9.17, 15) is 4.79 Å². The molecule has 0 saturated heterocycles. The number of benzene rings is 2. The molecule has 1 amide bonds. The summed E-state index contributed by atoms with van der Waals surface area (Å²) in [6.45, 7) is 0. The number of nitrogens with one attached hydrogen (secondary N) is 3. The molecule has 0 aliphatic heterocycles. The highest BCUT2D eigenvalue weighted by atomic mass is 35.5. The van der Waals surface area contributed by atoms with Crippen molar-refractivity contribution in [2.75, 3.05) is 16.5 Å². The van der Waals surface area contributed by atoms with Gasteiger partial charge < -0.3 is 11.1 Å². The predicted molar refractivity (Wildman–Crippen MR) is 109 cm³/mol. The van der Waals surface area contributed by atoms with Crippen molar-refractivity contribution in [1.29, 1.82) is 0 Å². The molecule has 1 heterocycles. The zero-order valence-electron chi connectivity index (χ0n) is 13.6. The number of nitrogens with zero attached hydrogens (tertiary/aromatic N) is 2. The van der Waals surface area contributed by atoms with Gasteiger partial charge in [0.25, 0.3) is 5.91 Å². The molecule has 0 atom stereocenters. The van der Waals surface area contributed by atoms with E-state index in [0.717, 1.165) is 0 Å². The molecule has 7 nitrogen and oxygen atoms in total. The van der Waals surface area contributed by atoms with Gasteiger partial charge in [0.05, 0.1) is 0 Å². The van der Waals surface area contributed by atoms with Crippen LogP contribution < -0.4 is 21.9 Å². The van der Waals surface area contributed by atoms with Gasteiger partial charge in [0.1, 0.15) is 12.0 Å². The summed E-state index contributed by atoms with van der Waals surface area (Å²) in [4.78, 5) is 20.3. The Morgan fingerprint density at radius 3 is 2.19 bits per heavy atom. The van der Waals surface area contributed by atoms with Crippen LogP contribution in [0.3, 0.4) is 0 Å². The molecule has 0 spiro atoms. The fourth-order valence-electron chi connectivity index (χ4n) is 2.15. The Balaban J connectivity index is 1.72. The summed E-state index contributed by atoms with van der Waals surface area (Å²) >= 11 is 17.8. The van der Waals surface area contributed by atoms with Crippen LogP contribution in [0.5, 0.6) is 0 Å². The molecule has 0 unspecified atom stereocenters. The summed E-state index contributed by atoms with van der Waals surface area (Å²) in [6.07, 6.45) is 1.29. The lowest BCUT2D eigenvalue weighted by Crippen LogP contribution is -2.30. The van der Waals surface area contributed by atoms with Crippen molar-refractivity contribution in [3.63, 3.8) is 0 Å². The standard InChI is InChI=1S/C17H13Cl3N6O/c18-10-3-1-9(2-4-10)17(27)26-25-16-14(21)15(22-8-23-16)24-13-6-11(19)5-12(20)7-13/h1-8H,21H2,(H,26,27)(H2,22,23,24,25). The molecule has 0 aliphatic rings. The van der Waals surface area contributed by atoms with Gasteiger partial charge in [-0.15, -0.1) is 0 Å². The molecule has 1 aromatic heterocycles. The second-order valence-corrected chi connectivity index (χ2v) is 6.66. The van der Waals surface area contributed by atoms with Crippen LogP contribution in [-0.4, -0.2) is 15.9 Å². The average Bonchev–Trinajstić information content (AvgIpc) is 2.62. The molecule has 2 aromatic carbocycles. The van der Waals surface area contributed by atoms with Crippen LogP contribution in [0.4, 0.5) is 23.0 Å².